The second kappa shape index (κ2) is 5.27. The van der Waals surface area contributed by atoms with Gasteiger partial charge in [-0.1, -0.05) is 0 Å². The number of phenols is 2. The summed E-state index contributed by atoms with van der Waals surface area (Å²) in [5.74, 6) is -1.27. The molecule has 6 nitrogen and oxygen atoms in total. The Labute approximate surface area is 110 Å². The maximum atomic E-state index is 12.0. The van der Waals surface area contributed by atoms with Crippen LogP contribution in [0.3, 0.4) is 0 Å². The fourth-order valence-electron chi connectivity index (χ4n) is 2.20. The standard InChI is InChI=1S/C13H16N2O4/c14-13(19)9-3-4-15(6-9)7-12(18)8-1-2-10(16)11(17)5-8/h1-2,5,9,16-17H,3-4,6-7H2,(H2,14,19). The van der Waals surface area contributed by atoms with E-state index in [0.717, 1.165) is 0 Å². The minimum Gasteiger partial charge on any atom is -0.504 e. The SMILES string of the molecule is NC(=O)C1CCN(CC(=O)c2ccc(O)c(O)c2)C1. The summed E-state index contributed by atoms with van der Waals surface area (Å²) in [5.41, 5.74) is 5.56. The van der Waals surface area contributed by atoms with E-state index in [2.05, 4.69) is 0 Å². The molecule has 1 unspecified atom stereocenters. The quantitative estimate of drug-likeness (QED) is 0.528. The number of amides is 1. The zero-order valence-corrected chi connectivity index (χ0v) is 10.4. The lowest BCUT2D eigenvalue weighted by Crippen LogP contribution is -2.31. The van der Waals surface area contributed by atoms with Crippen molar-refractivity contribution in [2.75, 3.05) is 19.6 Å². The lowest BCUT2D eigenvalue weighted by Gasteiger charge is -2.14. The number of primary amides is 1. The molecular weight excluding hydrogens is 248 g/mol. The summed E-state index contributed by atoms with van der Waals surface area (Å²) in [5, 5.41) is 18.5. The number of carbonyl (C=O) groups excluding carboxylic acids is 2. The summed E-state index contributed by atoms with van der Waals surface area (Å²) in [4.78, 5) is 24.9. The summed E-state index contributed by atoms with van der Waals surface area (Å²) in [6.45, 7) is 1.32. The Bertz CT molecular complexity index is 515. The second-order valence-electron chi connectivity index (χ2n) is 4.75. The lowest BCUT2D eigenvalue weighted by molar-refractivity contribution is -0.121. The normalized spacial score (nSPS) is 19.5. The van der Waals surface area contributed by atoms with Crippen LogP contribution in [0.2, 0.25) is 0 Å². The number of aromatic hydroxyl groups is 2. The number of likely N-dealkylation sites (tertiary alicyclic amines) is 1. The molecule has 0 saturated carbocycles. The number of nitrogens with zero attached hydrogens (tertiary/aromatic N) is 1. The zero-order chi connectivity index (χ0) is 14.0. The molecule has 102 valence electrons. The summed E-state index contributed by atoms with van der Waals surface area (Å²) in [7, 11) is 0. The molecule has 1 aromatic rings. The van der Waals surface area contributed by atoms with Crippen LogP contribution in [-0.4, -0.2) is 46.4 Å². The topological polar surface area (TPSA) is 104 Å². The van der Waals surface area contributed by atoms with E-state index < -0.39 is 0 Å². The number of ketones is 1. The van der Waals surface area contributed by atoms with Gasteiger partial charge in [0, 0.05) is 12.1 Å². The molecule has 0 spiro atoms. The van der Waals surface area contributed by atoms with Gasteiger partial charge in [0.15, 0.2) is 17.3 Å². The highest BCUT2D eigenvalue weighted by Crippen LogP contribution is 2.25. The van der Waals surface area contributed by atoms with Crippen LogP contribution >= 0.6 is 0 Å². The summed E-state index contributed by atoms with van der Waals surface area (Å²) >= 11 is 0. The van der Waals surface area contributed by atoms with Crippen LogP contribution in [0.25, 0.3) is 0 Å². The van der Waals surface area contributed by atoms with Gasteiger partial charge in [-0.3, -0.25) is 14.5 Å². The molecule has 1 saturated heterocycles. The van der Waals surface area contributed by atoms with Gasteiger partial charge < -0.3 is 15.9 Å². The van der Waals surface area contributed by atoms with Crippen molar-refractivity contribution in [1.29, 1.82) is 0 Å². The first-order valence-electron chi connectivity index (χ1n) is 6.04. The zero-order valence-electron chi connectivity index (χ0n) is 10.4. The van der Waals surface area contributed by atoms with Crippen molar-refractivity contribution in [2.45, 2.75) is 6.42 Å². The Morgan fingerprint density at radius 2 is 2.05 bits per heavy atom. The fourth-order valence-corrected chi connectivity index (χ4v) is 2.20. The molecule has 0 radical (unpaired) electrons. The molecule has 4 N–H and O–H groups in total. The van der Waals surface area contributed by atoms with Crippen molar-refractivity contribution in [3.05, 3.63) is 23.8 Å². The third-order valence-corrected chi connectivity index (χ3v) is 3.34. The molecule has 1 aliphatic heterocycles. The lowest BCUT2D eigenvalue weighted by atomic mass is 10.1. The maximum Gasteiger partial charge on any atom is 0.221 e. The summed E-state index contributed by atoms with van der Waals surface area (Å²) in [6, 6.07) is 3.97. The first-order chi connectivity index (χ1) is 8.97. The van der Waals surface area contributed by atoms with Crippen LogP contribution in [0.4, 0.5) is 0 Å². The van der Waals surface area contributed by atoms with Crippen LogP contribution in [0, 0.1) is 5.92 Å². The monoisotopic (exact) mass is 264 g/mol. The third-order valence-electron chi connectivity index (χ3n) is 3.34. The van der Waals surface area contributed by atoms with Crippen LogP contribution in [0.1, 0.15) is 16.8 Å². The number of nitrogens with two attached hydrogens (primary N) is 1. The number of hydrogen-bond donors (Lipinski definition) is 3. The Kier molecular flexibility index (Phi) is 3.71. The molecule has 1 aromatic carbocycles. The predicted octanol–water partition coefficient (Wildman–Crippen LogP) is 0.0877. The molecule has 6 heteroatoms. The summed E-state index contributed by atoms with van der Waals surface area (Å²) < 4.78 is 0. The van der Waals surface area contributed by atoms with Crippen molar-refractivity contribution < 1.29 is 19.8 Å². The van der Waals surface area contributed by atoms with E-state index in [-0.39, 0.29) is 35.7 Å². The van der Waals surface area contributed by atoms with Gasteiger partial charge in [0.25, 0.3) is 0 Å². The molecule has 0 bridgehead atoms. The first kappa shape index (κ1) is 13.4. The highest BCUT2D eigenvalue weighted by molar-refractivity contribution is 5.98. The van der Waals surface area contributed by atoms with E-state index in [0.29, 0.717) is 25.1 Å². The minimum absolute atomic E-state index is 0.166. The minimum atomic E-state index is -0.336. The largest absolute Gasteiger partial charge is 0.504 e. The van der Waals surface area contributed by atoms with E-state index in [1.165, 1.54) is 18.2 Å². The molecule has 0 aliphatic carbocycles. The smallest absolute Gasteiger partial charge is 0.221 e. The number of carbonyl (C=O) groups is 2. The highest BCUT2D eigenvalue weighted by Gasteiger charge is 2.27. The molecule has 1 fully saturated rings. The van der Waals surface area contributed by atoms with Crippen molar-refractivity contribution >= 4 is 11.7 Å². The van der Waals surface area contributed by atoms with Gasteiger partial charge in [-0.25, -0.2) is 0 Å². The van der Waals surface area contributed by atoms with Gasteiger partial charge in [-0.2, -0.15) is 0 Å². The van der Waals surface area contributed by atoms with Crippen LogP contribution in [-0.2, 0) is 4.79 Å². The number of benzene rings is 1. The highest BCUT2D eigenvalue weighted by atomic mass is 16.3. The number of phenolic OH excluding ortho intramolecular Hbond substituents is 2. The first-order valence-corrected chi connectivity index (χ1v) is 6.04. The average Bonchev–Trinajstić information content (AvgIpc) is 2.81. The van der Waals surface area contributed by atoms with Crippen molar-refractivity contribution in [2.24, 2.45) is 11.7 Å². The molecule has 1 amide bonds. The molecular formula is C13H16N2O4. The van der Waals surface area contributed by atoms with Gasteiger partial charge in [0.1, 0.15) is 0 Å². The maximum absolute atomic E-state index is 12.0. The molecule has 2 rings (SSSR count). The van der Waals surface area contributed by atoms with E-state index in [1.807, 2.05) is 4.90 Å². The van der Waals surface area contributed by atoms with Crippen LogP contribution in [0.5, 0.6) is 11.5 Å². The van der Waals surface area contributed by atoms with Gasteiger partial charge in [0.05, 0.1) is 12.5 Å². The predicted molar refractivity (Wildman–Crippen MR) is 67.8 cm³/mol. The van der Waals surface area contributed by atoms with Gasteiger partial charge in [0.2, 0.25) is 5.91 Å². The van der Waals surface area contributed by atoms with E-state index in [4.69, 9.17) is 5.73 Å². The Hall–Kier alpha value is -2.08. The Morgan fingerprint density at radius 1 is 1.32 bits per heavy atom. The van der Waals surface area contributed by atoms with Gasteiger partial charge in [-0.15, -0.1) is 0 Å². The molecule has 1 aliphatic rings. The Balaban J connectivity index is 1.98. The van der Waals surface area contributed by atoms with Gasteiger partial charge in [-0.05, 0) is 31.2 Å². The Morgan fingerprint density at radius 3 is 2.63 bits per heavy atom. The van der Waals surface area contributed by atoms with Gasteiger partial charge >= 0.3 is 0 Å². The van der Waals surface area contributed by atoms with E-state index >= 15 is 0 Å². The number of Topliss-reactive ketones (excluding diaryl/α,β-unsaturated/α-hetero) is 1. The third kappa shape index (κ3) is 3.03. The number of hydrogen-bond acceptors (Lipinski definition) is 5. The molecule has 1 heterocycles. The molecule has 19 heavy (non-hydrogen) atoms. The number of rotatable bonds is 4. The van der Waals surface area contributed by atoms with Crippen molar-refractivity contribution in [3.63, 3.8) is 0 Å². The molecule has 0 aromatic heterocycles. The van der Waals surface area contributed by atoms with Crippen molar-refractivity contribution in [3.8, 4) is 11.5 Å². The van der Waals surface area contributed by atoms with Crippen LogP contribution < -0.4 is 5.73 Å². The average molecular weight is 264 g/mol. The van der Waals surface area contributed by atoms with E-state index in [1.54, 1.807) is 0 Å². The molecule has 1 atom stereocenters. The van der Waals surface area contributed by atoms with Crippen LogP contribution in [0.15, 0.2) is 18.2 Å². The second-order valence-corrected chi connectivity index (χ2v) is 4.75. The fraction of sp³-hybridized carbons (Fsp3) is 0.385. The summed E-state index contributed by atoms with van der Waals surface area (Å²) in [6.07, 6.45) is 0.670. The van der Waals surface area contributed by atoms with E-state index in [9.17, 15) is 19.8 Å². The van der Waals surface area contributed by atoms with Crippen molar-refractivity contribution in [1.82, 2.24) is 4.90 Å².